The van der Waals surface area contributed by atoms with Crippen molar-refractivity contribution in [3.8, 4) is 5.75 Å². The maximum Gasteiger partial charge on any atom is 0.144 e. The zero-order valence-corrected chi connectivity index (χ0v) is 10.7. The van der Waals surface area contributed by atoms with Gasteiger partial charge in [-0.3, -0.25) is 4.79 Å². The van der Waals surface area contributed by atoms with E-state index >= 15 is 0 Å². The van der Waals surface area contributed by atoms with Crippen molar-refractivity contribution in [2.45, 2.75) is 25.2 Å². The summed E-state index contributed by atoms with van der Waals surface area (Å²) >= 11 is 0. The number of Topliss-reactive ketones (excluding diaryl/α,β-unsaturated/α-hetero) is 1. The summed E-state index contributed by atoms with van der Waals surface area (Å²) in [6.07, 6.45) is 2.37. The summed E-state index contributed by atoms with van der Waals surface area (Å²) in [4.78, 5) is 12.4. The van der Waals surface area contributed by atoms with E-state index in [1.807, 2.05) is 24.3 Å². The topological polar surface area (TPSA) is 37.3 Å². The van der Waals surface area contributed by atoms with Crippen LogP contribution in [-0.2, 0) is 17.6 Å². The van der Waals surface area contributed by atoms with E-state index in [1.54, 1.807) is 12.1 Å². The van der Waals surface area contributed by atoms with Crippen LogP contribution in [0.3, 0.4) is 0 Å². The highest BCUT2D eigenvalue weighted by atomic mass is 16.3. The van der Waals surface area contributed by atoms with Gasteiger partial charge in [0.05, 0.1) is 0 Å². The van der Waals surface area contributed by atoms with Gasteiger partial charge in [0.25, 0.3) is 0 Å². The quantitative estimate of drug-likeness (QED) is 0.910. The predicted molar refractivity (Wildman–Crippen MR) is 74.3 cm³/mol. The van der Waals surface area contributed by atoms with Crippen LogP contribution in [0.15, 0.2) is 48.5 Å². The molecule has 1 aliphatic rings. The molecule has 0 saturated heterocycles. The fourth-order valence-corrected chi connectivity index (χ4v) is 2.83. The predicted octanol–water partition coefficient (Wildman–Crippen LogP) is 3.23. The highest BCUT2D eigenvalue weighted by Crippen LogP contribution is 2.34. The number of aromatic hydroxyl groups is 1. The fourth-order valence-electron chi connectivity index (χ4n) is 2.83. The molecule has 1 atom stereocenters. The first-order chi connectivity index (χ1) is 9.24. The van der Waals surface area contributed by atoms with Gasteiger partial charge in [-0.05, 0) is 41.7 Å². The number of carbonyl (C=O) groups is 1. The molecule has 2 nitrogen and oxygen atoms in total. The van der Waals surface area contributed by atoms with Gasteiger partial charge in [0, 0.05) is 12.3 Å². The van der Waals surface area contributed by atoms with E-state index in [1.165, 1.54) is 11.1 Å². The van der Waals surface area contributed by atoms with Gasteiger partial charge >= 0.3 is 0 Å². The number of carbonyl (C=O) groups excluding carboxylic acids is 1. The molecule has 1 aliphatic carbocycles. The smallest absolute Gasteiger partial charge is 0.144 e. The number of benzene rings is 2. The van der Waals surface area contributed by atoms with E-state index in [4.69, 9.17) is 0 Å². The Labute approximate surface area is 112 Å². The molecule has 19 heavy (non-hydrogen) atoms. The number of phenols is 1. The second kappa shape index (κ2) is 4.88. The minimum atomic E-state index is 0.0463. The third-order valence-corrected chi connectivity index (χ3v) is 3.84. The molecule has 0 amide bonds. The summed E-state index contributed by atoms with van der Waals surface area (Å²) in [5.74, 6) is 0.558. The molecule has 0 saturated carbocycles. The average Bonchev–Trinajstić information content (AvgIpc) is 2.85. The third kappa shape index (κ3) is 2.39. The van der Waals surface area contributed by atoms with E-state index < -0.39 is 0 Å². The maximum absolute atomic E-state index is 12.4. The van der Waals surface area contributed by atoms with Crippen LogP contribution in [0.4, 0.5) is 0 Å². The zero-order valence-electron chi connectivity index (χ0n) is 10.7. The molecule has 0 fully saturated rings. The maximum atomic E-state index is 12.4. The fraction of sp³-hybridized carbons (Fsp3) is 0.235. The molecule has 0 radical (unpaired) electrons. The van der Waals surface area contributed by atoms with E-state index in [2.05, 4.69) is 12.1 Å². The molecule has 0 aromatic heterocycles. The van der Waals surface area contributed by atoms with Crippen molar-refractivity contribution < 1.29 is 9.90 Å². The Morgan fingerprint density at radius 3 is 2.63 bits per heavy atom. The molecule has 3 rings (SSSR count). The van der Waals surface area contributed by atoms with Crippen LogP contribution in [-0.4, -0.2) is 10.9 Å². The standard InChI is InChI=1S/C17H16O2/c18-14-8-5-12(6-9-14)11-17(19)16-10-7-13-3-1-2-4-15(13)16/h1-6,8-9,16,18H,7,10-11H2. The van der Waals surface area contributed by atoms with Gasteiger partial charge in [0.1, 0.15) is 11.5 Å². The normalized spacial score (nSPS) is 17.2. The molecular formula is C17H16O2. The molecule has 96 valence electrons. The lowest BCUT2D eigenvalue weighted by atomic mass is 9.92. The van der Waals surface area contributed by atoms with Crippen LogP contribution in [0.25, 0.3) is 0 Å². The molecule has 0 heterocycles. The van der Waals surface area contributed by atoms with Crippen LogP contribution in [0.5, 0.6) is 5.75 Å². The molecular weight excluding hydrogens is 236 g/mol. The van der Waals surface area contributed by atoms with Crippen molar-refractivity contribution in [2.24, 2.45) is 0 Å². The highest BCUT2D eigenvalue weighted by molar-refractivity contribution is 5.88. The Bertz CT molecular complexity index is 599. The average molecular weight is 252 g/mol. The van der Waals surface area contributed by atoms with Gasteiger partial charge in [-0.25, -0.2) is 0 Å². The SMILES string of the molecule is O=C(Cc1ccc(O)cc1)C1CCc2ccccc21. The first kappa shape index (κ1) is 12.0. The van der Waals surface area contributed by atoms with Crippen LogP contribution < -0.4 is 0 Å². The van der Waals surface area contributed by atoms with E-state index in [0.717, 1.165) is 18.4 Å². The molecule has 1 unspecified atom stereocenters. The van der Waals surface area contributed by atoms with E-state index in [-0.39, 0.29) is 17.5 Å². The Hall–Kier alpha value is -2.09. The van der Waals surface area contributed by atoms with Gasteiger partial charge in [0.2, 0.25) is 0 Å². The number of rotatable bonds is 3. The van der Waals surface area contributed by atoms with E-state index in [0.29, 0.717) is 6.42 Å². The van der Waals surface area contributed by atoms with Gasteiger partial charge in [-0.2, -0.15) is 0 Å². The monoisotopic (exact) mass is 252 g/mol. The van der Waals surface area contributed by atoms with E-state index in [9.17, 15) is 9.90 Å². The Morgan fingerprint density at radius 2 is 1.84 bits per heavy atom. The van der Waals surface area contributed by atoms with Gasteiger partial charge in [0.15, 0.2) is 0 Å². The van der Waals surface area contributed by atoms with Gasteiger partial charge in [-0.1, -0.05) is 36.4 Å². The molecule has 2 aromatic carbocycles. The number of phenolic OH excluding ortho intramolecular Hbond substituents is 1. The van der Waals surface area contributed by atoms with Crippen LogP contribution in [0.2, 0.25) is 0 Å². The first-order valence-corrected chi connectivity index (χ1v) is 6.62. The molecule has 0 bridgehead atoms. The number of hydrogen-bond acceptors (Lipinski definition) is 2. The molecule has 0 spiro atoms. The second-order valence-corrected chi connectivity index (χ2v) is 5.10. The van der Waals surface area contributed by atoms with Crippen molar-refractivity contribution in [3.05, 3.63) is 65.2 Å². The Kier molecular flexibility index (Phi) is 3.08. The highest BCUT2D eigenvalue weighted by Gasteiger charge is 2.27. The largest absolute Gasteiger partial charge is 0.508 e. The lowest BCUT2D eigenvalue weighted by Gasteiger charge is -2.10. The number of fused-ring (bicyclic) bond motifs is 1. The lowest BCUT2D eigenvalue weighted by molar-refractivity contribution is -0.119. The van der Waals surface area contributed by atoms with Crippen molar-refractivity contribution in [1.29, 1.82) is 0 Å². The number of hydrogen-bond donors (Lipinski definition) is 1. The van der Waals surface area contributed by atoms with Gasteiger partial charge in [-0.15, -0.1) is 0 Å². The minimum Gasteiger partial charge on any atom is -0.508 e. The molecule has 0 aliphatic heterocycles. The number of ketones is 1. The summed E-state index contributed by atoms with van der Waals surface area (Å²) < 4.78 is 0. The lowest BCUT2D eigenvalue weighted by Crippen LogP contribution is -2.12. The summed E-state index contributed by atoms with van der Waals surface area (Å²) in [5, 5.41) is 9.25. The van der Waals surface area contributed by atoms with Crippen LogP contribution in [0.1, 0.15) is 29.0 Å². The molecule has 2 aromatic rings. The third-order valence-electron chi connectivity index (χ3n) is 3.84. The zero-order chi connectivity index (χ0) is 13.2. The van der Waals surface area contributed by atoms with Crippen molar-refractivity contribution >= 4 is 5.78 Å². The first-order valence-electron chi connectivity index (χ1n) is 6.62. The van der Waals surface area contributed by atoms with Crippen LogP contribution in [0, 0.1) is 0 Å². The summed E-state index contributed by atoms with van der Waals surface area (Å²) in [6.45, 7) is 0. The van der Waals surface area contributed by atoms with Gasteiger partial charge < -0.3 is 5.11 Å². The minimum absolute atomic E-state index is 0.0463. The van der Waals surface area contributed by atoms with Crippen molar-refractivity contribution in [2.75, 3.05) is 0 Å². The number of aryl methyl sites for hydroxylation is 1. The van der Waals surface area contributed by atoms with Crippen LogP contribution >= 0.6 is 0 Å². The summed E-state index contributed by atoms with van der Waals surface area (Å²) in [7, 11) is 0. The summed E-state index contributed by atoms with van der Waals surface area (Å²) in [6, 6.07) is 15.1. The van der Waals surface area contributed by atoms with Crippen molar-refractivity contribution in [3.63, 3.8) is 0 Å². The second-order valence-electron chi connectivity index (χ2n) is 5.10. The Balaban J connectivity index is 1.77. The summed E-state index contributed by atoms with van der Waals surface area (Å²) in [5.41, 5.74) is 3.48. The van der Waals surface area contributed by atoms with Crippen molar-refractivity contribution in [1.82, 2.24) is 0 Å². The Morgan fingerprint density at radius 1 is 1.11 bits per heavy atom. The molecule has 2 heteroatoms. The molecule has 1 N–H and O–H groups in total.